The average molecular weight is 192 g/mol. The second-order valence-corrected chi connectivity index (χ2v) is 3.10. The van der Waals surface area contributed by atoms with Crippen LogP contribution in [0.15, 0.2) is 29.4 Å². The molecule has 72 valence electrons. The molecule has 2 unspecified atom stereocenters. The average Bonchev–Trinajstić information content (AvgIpc) is 2.18. The smallest absolute Gasteiger partial charge is 0.352 e. The van der Waals surface area contributed by atoms with E-state index in [4.69, 9.17) is 5.11 Å². The number of fused-ring (bicyclic) bond motifs is 1. The molecule has 0 saturated heterocycles. The fourth-order valence-corrected chi connectivity index (χ4v) is 1.57. The number of carbonyl (C=O) groups excluding carboxylic acids is 1. The lowest BCUT2D eigenvalue weighted by molar-refractivity contribution is -0.130. The minimum Gasteiger partial charge on any atom is -0.477 e. The number of carboxylic acid groups (broad SMARTS) is 1. The number of carbonyl (C=O) groups is 2. The van der Waals surface area contributed by atoms with Gasteiger partial charge < -0.3 is 5.11 Å². The minimum absolute atomic E-state index is 0.0183. The molecule has 2 rings (SSSR count). The zero-order valence-corrected chi connectivity index (χ0v) is 7.18. The summed E-state index contributed by atoms with van der Waals surface area (Å²) < 4.78 is 0. The van der Waals surface area contributed by atoms with Crippen molar-refractivity contribution in [3.63, 3.8) is 0 Å². The first kappa shape index (κ1) is 8.68. The molecule has 1 amide bonds. The third kappa shape index (κ3) is 1.22. The summed E-state index contributed by atoms with van der Waals surface area (Å²) in [5.41, 5.74) is 2.18. The predicted octanol–water partition coefficient (Wildman–Crippen LogP) is -0.0848. The maximum Gasteiger partial charge on any atom is 0.352 e. The Labute approximate surface area is 79.8 Å². The van der Waals surface area contributed by atoms with Crippen LogP contribution in [-0.4, -0.2) is 22.7 Å². The fourth-order valence-electron chi connectivity index (χ4n) is 1.57. The Morgan fingerprint density at radius 2 is 2.00 bits per heavy atom. The highest BCUT2D eigenvalue weighted by Gasteiger charge is 2.36. The van der Waals surface area contributed by atoms with E-state index in [-0.39, 0.29) is 11.6 Å². The Morgan fingerprint density at radius 3 is 2.64 bits per heavy atom. The van der Waals surface area contributed by atoms with Gasteiger partial charge >= 0.3 is 5.97 Å². The second-order valence-electron chi connectivity index (χ2n) is 3.10. The third-order valence-corrected chi connectivity index (χ3v) is 2.26. The largest absolute Gasteiger partial charge is 0.477 e. The molecule has 1 aliphatic heterocycles. The molecule has 5 nitrogen and oxygen atoms in total. The van der Waals surface area contributed by atoms with Gasteiger partial charge in [-0.25, -0.2) is 10.2 Å². The summed E-state index contributed by atoms with van der Waals surface area (Å²) in [5, 5.41) is 12.4. The topological polar surface area (TPSA) is 78.8 Å². The van der Waals surface area contributed by atoms with Crippen LogP contribution in [0.5, 0.6) is 0 Å². The fraction of sp³-hybridized carbons (Fsp3) is 0.222. The lowest BCUT2D eigenvalue weighted by Crippen LogP contribution is -2.43. The Morgan fingerprint density at radius 1 is 1.36 bits per heavy atom. The number of aliphatic carboxylic acids is 1. The number of amides is 1. The van der Waals surface area contributed by atoms with E-state index in [0.29, 0.717) is 0 Å². The van der Waals surface area contributed by atoms with Crippen molar-refractivity contribution in [2.75, 3.05) is 0 Å². The monoisotopic (exact) mass is 192 g/mol. The van der Waals surface area contributed by atoms with Gasteiger partial charge in [-0.3, -0.25) is 4.79 Å². The number of carboxylic acids is 1. The molecule has 5 heteroatoms. The van der Waals surface area contributed by atoms with Gasteiger partial charge in [-0.2, -0.15) is 5.10 Å². The lowest BCUT2D eigenvalue weighted by atomic mass is 9.83. The molecule has 0 fully saturated rings. The molecule has 14 heavy (non-hydrogen) atoms. The van der Waals surface area contributed by atoms with Crippen LogP contribution in [0.25, 0.3) is 0 Å². The van der Waals surface area contributed by atoms with E-state index in [1.165, 1.54) is 0 Å². The van der Waals surface area contributed by atoms with Gasteiger partial charge in [0.1, 0.15) is 0 Å². The standard InChI is InChI=1S/C9H8N2O3/c12-8-6-4-2-1-3-5(6)7(9(13)14)10-11-8/h1-6H,(H,11,12)(H,13,14). The molecular formula is C9H8N2O3. The molecule has 0 spiro atoms. The molecule has 1 aliphatic carbocycles. The Balaban J connectivity index is 2.39. The van der Waals surface area contributed by atoms with Gasteiger partial charge in [0.15, 0.2) is 5.71 Å². The molecule has 2 aliphatic rings. The number of rotatable bonds is 1. The summed E-state index contributed by atoms with van der Waals surface area (Å²) in [6.07, 6.45) is 6.80. The van der Waals surface area contributed by atoms with E-state index in [2.05, 4.69) is 10.5 Å². The highest BCUT2D eigenvalue weighted by molar-refractivity contribution is 6.38. The molecule has 0 aromatic rings. The van der Waals surface area contributed by atoms with Crippen LogP contribution in [0.3, 0.4) is 0 Å². The van der Waals surface area contributed by atoms with Crippen molar-refractivity contribution >= 4 is 17.6 Å². The van der Waals surface area contributed by atoms with Crippen molar-refractivity contribution in [1.82, 2.24) is 5.43 Å². The van der Waals surface area contributed by atoms with Crippen LogP contribution in [0, 0.1) is 11.8 Å². The number of hydrogen-bond acceptors (Lipinski definition) is 3. The summed E-state index contributed by atoms with van der Waals surface area (Å²) in [6, 6.07) is 0. The first-order valence-electron chi connectivity index (χ1n) is 4.16. The van der Waals surface area contributed by atoms with E-state index in [9.17, 15) is 9.59 Å². The molecule has 2 atom stereocenters. The number of allylic oxidation sites excluding steroid dienone is 3. The normalized spacial score (nSPS) is 29.1. The van der Waals surface area contributed by atoms with Gasteiger partial charge in [-0.05, 0) is 0 Å². The molecule has 0 bridgehead atoms. The summed E-state index contributed by atoms with van der Waals surface area (Å²) in [6.45, 7) is 0. The Hall–Kier alpha value is -1.91. The number of nitrogens with zero attached hydrogens (tertiary/aromatic N) is 1. The molecular weight excluding hydrogens is 184 g/mol. The van der Waals surface area contributed by atoms with Gasteiger partial charge in [-0.1, -0.05) is 24.3 Å². The van der Waals surface area contributed by atoms with Gasteiger partial charge in [0.05, 0.1) is 5.92 Å². The van der Waals surface area contributed by atoms with Gasteiger partial charge in [-0.15, -0.1) is 0 Å². The Kier molecular flexibility index (Phi) is 1.92. The van der Waals surface area contributed by atoms with Crippen LogP contribution in [0.1, 0.15) is 0 Å². The van der Waals surface area contributed by atoms with E-state index >= 15 is 0 Å². The zero-order valence-electron chi connectivity index (χ0n) is 7.18. The molecule has 0 aromatic heterocycles. The maximum absolute atomic E-state index is 11.3. The van der Waals surface area contributed by atoms with Crippen LogP contribution < -0.4 is 5.43 Å². The summed E-state index contributed by atoms with van der Waals surface area (Å²) in [4.78, 5) is 22.1. The van der Waals surface area contributed by atoms with E-state index in [1.54, 1.807) is 24.3 Å². The zero-order chi connectivity index (χ0) is 10.1. The number of hydrazone groups is 1. The predicted molar refractivity (Wildman–Crippen MR) is 48.5 cm³/mol. The van der Waals surface area contributed by atoms with Crippen molar-refractivity contribution in [1.29, 1.82) is 0 Å². The molecule has 0 saturated carbocycles. The van der Waals surface area contributed by atoms with E-state index in [1.807, 2.05) is 0 Å². The quantitative estimate of drug-likeness (QED) is 0.609. The molecule has 2 N–H and O–H groups in total. The van der Waals surface area contributed by atoms with Crippen molar-refractivity contribution in [3.05, 3.63) is 24.3 Å². The minimum atomic E-state index is -1.10. The SMILES string of the molecule is O=C(O)C1=NNC(=O)C2C=CC=CC12. The lowest BCUT2D eigenvalue weighted by Gasteiger charge is -2.25. The van der Waals surface area contributed by atoms with Crippen LogP contribution >= 0.6 is 0 Å². The van der Waals surface area contributed by atoms with Crippen LogP contribution in [0.4, 0.5) is 0 Å². The molecule has 0 radical (unpaired) electrons. The summed E-state index contributed by atoms with van der Waals surface area (Å²) >= 11 is 0. The van der Waals surface area contributed by atoms with Crippen molar-refractivity contribution in [3.8, 4) is 0 Å². The second kappa shape index (κ2) is 3.10. The highest BCUT2D eigenvalue weighted by atomic mass is 16.4. The van der Waals surface area contributed by atoms with Gasteiger partial charge in [0, 0.05) is 5.92 Å². The first-order valence-corrected chi connectivity index (χ1v) is 4.16. The third-order valence-electron chi connectivity index (χ3n) is 2.26. The molecule has 0 aromatic carbocycles. The van der Waals surface area contributed by atoms with Crippen molar-refractivity contribution < 1.29 is 14.7 Å². The number of nitrogens with one attached hydrogen (secondary N) is 1. The number of hydrogen-bond donors (Lipinski definition) is 2. The summed E-state index contributed by atoms with van der Waals surface area (Å²) in [7, 11) is 0. The van der Waals surface area contributed by atoms with Crippen molar-refractivity contribution in [2.24, 2.45) is 16.9 Å². The van der Waals surface area contributed by atoms with E-state index < -0.39 is 17.8 Å². The van der Waals surface area contributed by atoms with Crippen LogP contribution in [-0.2, 0) is 9.59 Å². The van der Waals surface area contributed by atoms with Gasteiger partial charge in [0.2, 0.25) is 5.91 Å². The Bertz CT molecular complexity index is 382. The van der Waals surface area contributed by atoms with Crippen LogP contribution in [0.2, 0.25) is 0 Å². The molecule has 1 heterocycles. The van der Waals surface area contributed by atoms with Crippen molar-refractivity contribution in [2.45, 2.75) is 0 Å². The first-order chi connectivity index (χ1) is 6.70. The maximum atomic E-state index is 11.3. The van der Waals surface area contributed by atoms with E-state index in [0.717, 1.165) is 0 Å². The summed E-state index contributed by atoms with van der Waals surface area (Å²) in [5.74, 6) is -2.24. The van der Waals surface area contributed by atoms with Gasteiger partial charge in [0.25, 0.3) is 0 Å². The highest BCUT2D eigenvalue weighted by Crippen LogP contribution is 2.24.